The summed E-state index contributed by atoms with van der Waals surface area (Å²) in [5.41, 5.74) is 2.57. The lowest BCUT2D eigenvalue weighted by atomic mass is 10.1. The second-order valence-corrected chi connectivity index (χ2v) is 5.00. The van der Waals surface area contributed by atoms with E-state index in [-0.39, 0.29) is 5.69 Å². The van der Waals surface area contributed by atoms with E-state index in [1.54, 1.807) is 6.07 Å². The lowest BCUT2D eigenvalue weighted by Crippen LogP contribution is -2.03. The molecule has 0 fully saturated rings. The van der Waals surface area contributed by atoms with Crippen LogP contribution in [0.5, 0.6) is 5.75 Å². The summed E-state index contributed by atoms with van der Waals surface area (Å²) in [6, 6.07) is 10.2. The average molecular weight is 307 g/mol. The van der Waals surface area contributed by atoms with E-state index in [1.165, 1.54) is 19.2 Å². The van der Waals surface area contributed by atoms with Crippen LogP contribution < -0.4 is 10.1 Å². The maximum atomic E-state index is 10.8. The Labute approximate surface area is 127 Å². The van der Waals surface area contributed by atoms with Crippen molar-refractivity contribution in [1.29, 1.82) is 0 Å². The first kappa shape index (κ1) is 15.1. The molecule has 0 aliphatic heterocycles. The number of nitro groups is 1. The molecule has 0 aliphatic rings. The number of hydrogen-bond donors (Lipinski definition) is 1. The van der Waals surface area contributed by atoms with Gasteiger partial charge in [-0.1, -0.05) is 17.7 Å². The Bertz CT molecular complexity index is 674. The SMILES string of the molecule is COc1ccc([N+](=O)[O-])cc1CNc1ccc(C)cc1Cl. The molecule has 1 N–H and O–H groups in total. The normalized spacial score (nSPS) is 10.2. The van der Waals surface area contributed by atoms with Crippen molar-refractivity contribution < 1.29 is 9.66 Å². The topological polar surface area (TPSA) is 64.4 Å². The Morgan fingerprint density at radius 3 is 2.67 bits per heavy atom. The minimum absolute atomic E-state index is 0.0302. The molecule has 0 bridgehead atoms. The smallest absolute Gasteiger partial charge is 0.270 e. The first-order valence-electron chi connectivity index (χ1n) is 6.32. The summed E-state index contributed by atoms with van der Waals surface area (Å²) in [7, 11) is 1.53. The summed E-state index contributed by atoms with van der Waals surface area (Å²) in [5.74, 6) is 0.594. The van der Waals surface area contributed by atoms with Gasteiger partial charge in [-0.25, -0.2) is 0 Å². The Balaban J connectivity index is 2.22. The zero-order chi connectivity index (χ0) is 15.4. The van der Waals surface area contributed by atoms with Crippen molar-refractivity contribution in [3.05, 3.63) is 62.7 Å². The number of non-ortho nitro benzene ring substituents is 1. The maximum Gasteiger partial charge on any atom is 0.270 e. The Hall–Kier alpha value is -2.27. The third kappa shape index (κ3) is 3.64. The van der Waals surface area contributed by atoms with Crippen LogP contribution in [0, 0.1) is 17.0 Å². The van der Waals surface area contributed by atoms with Gasteiger partial charge in [0.15, 0.2) is 0 Å². The third-order valence-electron chi connectivity index (χ3n) is 3.07. The van der Waals surface area contributed by atoms with Gasteiger partial charge in [0.2, 0.25) is 0 Å². The molecule has 0 aromatic heterocycles. The highest BCUT2D eigenvalue weighted by atomic mass is 35.5. The number of benzene rings is 2. The minimum Gasteiger partial charge on any atom is -0.496 e. The third-order valence-corrected chi connectivity index (χ3v) is 3.38. The molecule has 0 saturated carbocycles. The van der Waals surface area contributed by atoms with Crippen LogP contribution in [0.4, 0.5) is 11.4 Å². The number of nitrogens with zero attached hydrogens (tertiary/aromatic N) is 1. The fourth-order valence-electron chi connectivity index (χ4n) is 1.97. The Morgan fingerprint density at radius 1 is 1.29 bits per heavy atom. The fraction of sp³-hybridized carbons (Fsp3) is 0.200. The molecule has 2 rings (SSSR count). The Morgan fingerprint density at radius 2 is 2.05 bits per heavy atom. The highest BCUT2D eigenvalue weighted by molar-refractivity contribution is 6.33. The van der Waals surface area contributed by atoms with Gasteiger partial charge in [-0.05, 0) is 30.7 Å². The number of aryl methyl sites for hydroxylation is 1. The van der Waals surface area contributed by atoms with Gasteiger partial charge in [0, 0.05) is 24.2 Å². The minimum atomic E-state index is -0.429. The van der Waals surface area contributed by atoms with E-state index < -0.39 is 4.92 Å². The van der Waals surface area contributed by atoms with Crippen molar-refractivity contribution in [2.45, 2.75) is 13.5 Å². The van der Waals surface area contributed by atoms with Gasteiger partial charge in [0.25, 0.3) is 5.69 Å². The number of methoxy groups -OCH3 is 1. The molecule has 0 saturated heterocycles. The van der Waals surface area contributed by atoms with Crippen LogP contribution >= 0.6 is 11.6 Å². The van der Waals surface area contributed by atoms with Crippen LogP contribution in [0.2, 0.25) is 5.02 Å². The first-order valence-corrected chi connectivity index (χ1v) is 6.70. The van der Waals surface area contributed by atoms with Crippen LogP contribution in [0.15, 0.2) is 36.4 Å². The van der Waals surface area contributed by atoms with E-state index in [4.69, 9.17) is 16.3 Å². The van der Waals surface area contributed by atoms with E-state index in [0.29, 0.717) is 22.9 Å². The first-order chi connectivity index (χ1) is 10.0. The number of nitro benzene ring substituents is 1. The molecule has 2 aromatic rings. The molecule has 5 nitrogen and oxygen atoms in total. The molecule has 0 radical (unpaired) electrons. The van der Waals surface area contributed by atoms with Gasteiger partial charge < -0.3 is 10.1 Å². The van der Waals surface area contributed by atoms with Crippen molar-refractivity contribution in [3.63, 3.8) is 0 Å². The van der Waals surface area contributed by atoms with Crippen LogP contribution in [-0.2, 0) is 6.54 Å². The molecule has 0 atom stereocenters. The summed E-state index contributed by atoms with van der Waals surface area (Å²) in [6.07, 6.45) is 0. The highest BCUT2D eigenvalue weighted by Gasteiger charge is 2.11. The van der Waals surface area contributed by atoms with Gasteiger partial charge in [-0.15, -0.1) is 0 Å². The summed E-state index contributed by atoms with van der Waals surface area (Å²) in [5, 5.41) is 14.6. The van der Waals surface area contributed by atoms with Crippen molar-refractivity contribution in [1.82, 2.24) is 0 Å². The quantitative estimate of drug-likeness (QED) is 0.665. The number of halogens is 1. The highest BCUT2D eigenvalue weighted by Crippen LogP contribution is 2.27. The summed E-state index contributed by atoms with van der Waals surface area (Å²) < 4.78 is 5.22. The molecule has 0 aliphatic carbocycles. The predicted molar refractivity (Wildman–Crippen MR) is 83.2 cm³/mol. The number of nitrogens with one attached hydrogen (secondary N) is 1. The van der Waals surface area contributed by atoms with Crippen molar-refractivity contribution in [3.8, 4) is 5.75 Å². The molecule has 2 aromatic carbocycles. The van der Waals surface area contributed by atoms with Gasteiger partial charge in [0.05, 0.1) is 22.7 Å². The molecule has 21 heavy (non-hydrogen) atoms. The van der Waals surface area contributed by atoms with E-state index >= 15 is 0 Å². The predicted octanol–water partition coefficient (Wildman–Crippen LogP) is 4.18. The molecule has 110 valence electrons. The van der Waals surface area contributed by atoms with Gasteiger partial charge in [-0.3, -0.25) is 10.1 Å². The number of anilines is 1. The Kier molecular flexibility index (Phi) is 4.65. The zero-order valence-corrected chi connectivity index (χ0v) is 12.5. The lowest BCUT2D eigenvalue weighted by molar-refractivity contribution is -0.384. The van der Waals surface area contributed by atoms with Gasteiger partial charge in [0.1, 0.15) is 5.75 Å². The molecule has 0 heterocycles. The van der Waals surface area contributed by atoms with E-state index in [9.17, 15) is 10.1 Å². The van der Waals surface area contributed by atoms with Crippen LogP contribution in [0.25, 0.3) is 0 Å². The van der Waals surface area contributed by atoms with E-state index in [2.05, 4.69) is 5.32 Å². The van der Waals surface area contributed by atoms with Crippen LogP contribution in [0.1, 0.15) is 11.1 Å². The molecule has 0 unspecified atom stereocenters. The van der Waals surface area contributed by atoms with Gasteiger partial charge >= 0.3 is 0 Å². The zero-order valence-electron chi connectivity index (χ0n) is 11.7. The summed E-state index contributed by atoms with van der Waals surface area (Å²) >= 11 is 6.15. The second-order valence-electron chi connectivity index (χ2n) is 4.59. The number of ether oxygens (including phenoxy) is 1. The van der Waals surface area contributed by atoms with Gasteiger partial charge in [-0.2, -0.15) is 0 Å². The monoisotopic (exact) mass is 306 g/mol. The van der Waals surface area contributed by atoms with Crippen molar-refractivity contribution >= 4 is 23.0 Å². The lowest BCUT2D eigenvalue weighted by Gasteiger charge is -2.12. The fourth-order valence-corrected chi connectivity index (χ4v) is 2.27. The number of hydrogen-bond acceptors (Lipinski definition) is 4. The molecular weight excluding hydrogens is 292 g/mol. The molecule has 0 amide bonds. The second kappa shape index (κ2) is 6.45. The van der Waals surface area contributed by atoms with Crippen LogP contribution in [0.3, 0.4) is 0 Å². The summed E-state index contributed by atoms with van der Waals surface area (Å²) in [4.78, 5) is 10.4. The molecule has 6 heteroatoms. The molecule has 0 spiro atoms. The largest absolute Gasteiger partial charge is 0.496 e. The van der Waals surface area contributed by atoms with E-state index in [1.807, 2.05) is 25.1 Å². The average Bonchev–Trinajstić information content (AvgIpc) is 2.46. The maximum absolute atomic E-state index is 10.8. The number of rotatable bonds is 5. The standard InChI is InChI=1S/C15H15ClN2O3/c1-10-3-5-14(13(16)7-10)17-9-11-8-12(18(19)20)4-6-15(11)21-2/h3-8,17H,9H2,1-2H3. The summed E-state index contributed by atoms with van der Waals surface area (Å²) in [6.45, 7) is 2.34. The van der Waals surface area contributed by atoms with Crippen LogP contribution in [-0.4, -0.2) is 12.0 Å². The van der Waals surface area contributed by atoms with Crippen molar-refractivity contribution in [2.75, 3.05) is 12.4 Å². The molecular formula is C15H15ClN2O3. The van der Waals surface area contributed by atoms with Crippen molar-refractivity contribution in [2.24, 2.45) is 0 Å². The van der Waals surface area contributed by atoms with E-state index in [0.717, 1.165) is 11.3 Å².